The fraction of sp³-hybridized carbons (Fsp3) is 0.895. The monoisotopic (exact) mass is 370 g/mol. The Morgan fingerprint density at radius 1 is 0.885 bits per heavy atom. The van der Waals surface area contributed by atoms with Crippen LogP contribution in [0.25, 0.3) is 0 Å². The van der Waals surface area contributed by atoms with Crippen LogP contribution in [-0.2, 0) is 9.47 Å². The molecule has 1 unspecified atom stereocenters. The van der Waals surface area contributed by atoms with E-state index in [1.807, 2.05) is 41.5 Å². The second-order valence-corrected chi connectivity index (χ2v) is 9.50. The minimum atomic E-state index is -0.906. The summed E-state index contributed by atoms with van der Waals surface area (Å²) in [5.74, 6) is 0.0635. The zero-order chi connectivity index (χ0) is 19.8. The quantitative estimate of drug-likeness (QED) is 0.767. The Morgan fingerprint density at radius 2 is 1.35 bits per heavy atom. The highest BCUT2D eigenvalue weighted by Gasteiger charge is 2.46. The van der Waals surface area contributed by atoms with E-state index in [0.29, 0.717) is 45.4 Å². The normalized spacial score (nSPS) is 25.3. The van der Waals surface area contributed by atoms with Crippen LogP contribution in [0.5, 0.6) is 0 Å². The van der Waals surface area contributed by atoms with Gasteiger partial charge in [-0.05, 0) is 66.7 Å². The van der Waals surface area contributed by atoms with Gasteiger partial charge in [0.15, 0.2) is 0 Å². The van der Waals surface area contributed by atoms with Gasteiger partial charge in [-0.1, -0.05) is 0 Å². The van der Waals surface area contributed by atoms with Crippen molar-refractivity contribution in [1.29, 1.82) is 0 Å². The van der Waals surface area contributed by atoms with Crippen LogP contribution in [-0.4, -0.2) is 70.1 Å². The highest BCUT2D eigenvalue weighted by atomic mass is 16.6. The fourth-order valence-corrected chi connectivity index (χ4v) is 3.56. The van der Waals surface area contributed by atoms with Crippen molar-refractivity contribution in [3.63, 3.8) is 0 Å². The largest absolute Gasteiger partial charge is 0.444 e. The lowest BCUT2D eigenvalue weighted by Crippen LogP contribution is -2.49. The first kappa shape index (κ1) is 20.8. The van der Waals surface area contributed by atoms with Crippen LogP contribution >= 0.6 is 0 Å². The lowest BCUT2D eigenvalue weighted by molar-refractivity contribution is -0.0411. The van der Waals surface area contributed by atoms with Gasteiger partial charge in [0.25, 0.3) is 0 Å². The Hall–Kier alpha value is -1.50. The molecule has 0 saturated carbocycles. The third-order valence-corrected chi connectivity index (χ3v) is 4.84. The maximum atomic E-state index is 12.2. The molecular weight excluding hydrogens is 336 g/mol. The third kappa shape index (κ3) is 5.50. The zero-order valence-corrected chi connectivity index (χ0v) is 17.0. The number of rotatable bonds is 1. The molecule has 2 aliphatic rings. The highest BCUT2D eigenvalue weighted by Crippen LogP contribution is 2.36. The molecule has 0 radical (unpaired) electrons. The van der Waals surface area contributed by atoms with Gasteiger partial charge in [-0.25, -0.2) is 9.59 Å². The zero-order valence-electron chi connectivity index (χ0n) is 17.0. The minimum Gasteiger partial charge on any atom is -0.444 e. The number of ether oxygens (including phenoxy) is 2. The van der Waals surface area contributed by atoms with Crippen molar-refractivity contribution >= 4 is 12.2 Å². The first-order chi connectivity index (χ1) is 11.8. The number of amides is 2. The molecule has 2 aliphatic heterocycles. The van der Waals surface area contributed by atoms with Gasteiger partial charge in [0, 0.05) is 19.6 Å². The van der Waals surface area contributed by atoms with E-state index in [1.54, 1.807) is 9.80 Å². The van der Waals surface area contributed by atoms with E-state index < -0.39 is 16.8 Å². The predicted molar refractivity (Wildman–Crippen MR) is 97.9 cm³/mol. The average Bonchev–Trinajstić information content (AvgIpc) is 2.88. The van der Waals surface area contributed by atoms with Gasteiger partial charge >= 0.3 is 12.2 Å². The molecule has 0 aliphatic carbocycles. The summed E-state index contributed by atoms with van der Waals surface area (Å²) >= 11 is 0. The van der Waals surface area contributed by atoms with Gasteiger partial charge in [-0.3, -0.25) is 0 Å². The summed E-state index contributed by atoms with van der Waals surface area (Å²) < 4.78 is 10.8. The lowest BCUT2D eigenvalue weighted by atomic mass is 9.80. The first-order valence-corrected chi connectivity index (χ1v) is 9.47. The van der Waals surface area contributed by atoms with Crippen LogP contribution in [0.1, 0.15) is 60.8 Å². The average molecular weight is 370 g/mol. The van der Waals surface area contributed by atoms with Crippen molar-refractivity contribution in [2.45, 2.75) is 77.6 Å². The fourth-order valence-electron chi connectivity index (χ4n) is 3.56. The van der Waals surface area contributed by atoms with Gasteiger partial charge in [-0.15, -0.1) is 0 Å². The Labute approximate surface area is 156 Å². The summed E-state index contributed by atoms with van der Waals surface area (Å²) in [4.78, 5) is 27.7. The van der Waals surface area contributed by atoms with Crippen LogP contribution in [0.3, 0.4) is 0 Å². The number of hydrogen-bond donors (Lipinski definition) is 1. The molecule has 1 atom stereocenters. The standard InChI is InChI=1S/C19H34N2O5/c1-17(2,3)25-15(22)20-10-7-14(8-11-20)19(24)9-12-21(13-19)16(23)26-18(4,5)6/h14,24H,7-13H2,1-6H3. The van der Waals surface area contributed by atoms with Crippen molar-refractivity contribution in [3.8, 4) is 0 Å². The Balaban J connectivity index is 1.87. The van der Waals surface area contributed by atoms with E-state index in [9.17, 15) is 14.7 Å². The smallest absolute Gasteiger partial charge is 0.410 e. The van der Waals surface area contributed by atoms with E-state index in [4.69, 9.17) is 9.47 Å². The number of hydrogen-bond acceptors (Lipinski definition) is 5. The molecule has 0 spiro atoms. The summed E-state index contributed by atoms with van der Waals surface area (Å²) in [7, 11) is 0. The Bertz CT molecular complexity index is 529. The molecule has 7 heteroatoms. The van der Waals surface area contributed by atoms with E-state index >= 15 is 0 Å². The molecule has 0 aromatic heterocycles. The van der Waals surface area contributed by atoms with Crippen molar-refractivity contribution in [2.75, 3.05) is 26.2 Å². The summed E-state index contributed by atoms with van der Waals surface area (Å²) in [6.45, 7) is 13.0. The number of aliphatic hydroxyl groups is 1. The molecule has 7 nitrogen and oxygen atoms in total. The van der Waals surface area contributed by atoms with Crippen molar-refractivity contribution in [1.82, 2.24) is 9.80 Å². The summed E-state index contributed by atoms with van der Waals surface area (Å²) in [6.07, 6.45) is 1.28. The molecule has 2 fully saturated rings. The van der Waals surface area contributed by atoms with Crippen LogP contribution in [0.15, 0.2) is 0 Å². The van der Waals surface area contributed by atoms with Crippen molar-refractivity contribution in [2.24, 2.45) is 5.92 Å². The van der Waals surface area contributed by atoms with Crippen LogP contribution in [0.4, 0.5) is 9.59 Å². The van der Waals surface area contributed by atoms with Crippen molar-refractivity contribution < 1.29 is 24.2 Å². The second-order valence-electron chi connectivity index (χ2n) is 9.50. The maximum Gasteiger partial charge on any atom is 0.410 e. The molecule has 2 saturated heterocycles. The Kier molecular flexibility index (Phi) is 5.80. The number of β-amino-alcohol motifs (C(OH)–C–C–N with tert-alkyl or cyclic N) is 1. The molecule has 150 valence electrons. The van der Waals surface area contributed by atoms with Gasteiger partial charge in [0.05, 0.1) is 12.1 Å². The molecule has 2 amide bonds. The van der Waals surface area contributed by atoms with Gasteiger partial charge < -0.3 is 24.4 Å². The second kappa shape index (κ2) is 7.25. The first-order valence-electron chi connectivity index (χ1n) is 9.47. The molecule has 26 heavy (non-hydrogen) atoms. The lowest BCUT2D eigenvalue weighted by Gasteiger charge is -2.39. The van der Waals surface area contributed by atoms with E-state index in [2.05, 4.69) is 0 Å². The predicted octanol–water partition coefficient (Wildman–Crippen LogP) is 3.01. The molecular formula is C19H34N2O5. The SMILES string of the molecule is CC(C)(C)OC(=O)N1CCC(C2(O)CCN(C(=O)OC(C)(C)C)C2)CC1. The topological polar surface area (TPSA) is 79.3 Å². The molecule has 0 aromatic carbocycles. The molecule has 2 rings (SSSR count). The number of likely N-dealkylation sites (tertiary alicyclic amines) is 2. The molecule has 1 N–H and O–H groups in total. The molecule has 0 aromatic rings. The van der Waals surface area contributed by atoms with Crippen molar-refractivity contribution in [3.05, 3.63) is 0 Å². The van der Waals surface area contributed by atoms with Crippen LogP contribution in [0, 0.1) is 5.92 Å². The Morgan fingerprint density at radius 3 is 1.81 bits per heavy atom. The van der Waals surface area contributed by atoms with Crippen LogP contribution in [0.2, 0.25) is 0 Å². The maximum absolute atomic E-state index is 12.2. The van der Waals surface area contributed by atoms with Gasteiger partial charge in [-0.2, -0.15) is 0 Å². The summed E-state index contributed by atoms with van der Waals surface area (Å²) in [6, 6.07) is 0. The van der Waals surface area contributed by atoms with Gasteiger partial charge in [0.1, 0.15) is 11.2 Å². The molecule has 0 bridgehead atoms. The number of piperidine rings is 1. The number of carbonyl (C=O) groups excluding carboxylic acids is 2. The number of carbonyl (C=O) groups is 2. The molecule has 2 heterocycles. The van der Waals surface area contributed by atoms with Crippen LogP contribution < -0.4 is 0 Å². The summed E-state index contributed by atoms with van der Waals surface area (Å²) in [5, 5.41) is 11.1. The summed E-state index contributed by atoms with van der Waals surface area (Å²) in [5.41, 5.74) is -1.96. The van der Waals surface area contributed by atoms with E-state index in [1.165, 1.54) is 0 Å². The number of nitrogens with zero attached hydrogens (tertiary/aromatic N) is 2. The highest BCUT2D eigenvalue weighted by molar-refractivity contribution is 5.69. The van der Waals surface area contributed by atoms with E-state index in [0.717, 1.165) is 0 Å². The van der Waals surface area contributed by atoms with E-state index in [-0.39, 0.29) is 18.1 Å². The minimum absolute atomic E-state index is 0.0635. The van der Waals surface area contributed by atoms with Gasteiger partial charge in [0.2, 0.25) is 0 Å². The third-order valence-electron chi connectivity index (χ3n) is 4.84.